The maximum absolute atomic E-state index is 11.2. The van der Waals surface area contributed by atoms with Gasteiger partial charge in [-0.1, -0.05) is 18.2 Å². The van der Waals surface area contributed by atoms with E-state index in [4.69, 9.17) is 9.84 Å². The molecule has 0 bridgehead atoms. The normalized spacial score (nSPS) is 10.6. The highest BCUT2D eigenvalue weighted by Gasteiger charge is 2.08. The van der Waals surface area contributed by atoms with Crippen molar-refractivity contribution >= 4 is 18.0 Å². The fourth-order valence-corrected chi connectivity index (χ4v) is 1.62. The summed E-state index contributed by atoms with van der Waals surface area (Å²) in [5.41, 5.74) is 2.33. The molecule has 4 heteroatoms. The average Bonchev–Trinajstić information content (AvgIpc) is 2.30. The van der Waals surface area contributed by atoms with E-state index in [-0.39, 0.29) is 6.42 Å². The minimum Gasteiger partial charge on any atom is -0.481 e. The van der Waals surface area contributed by atoms with E-state index < -0.39 is 11.9 Å². The summed E-state index contributed by atoms with van der Waals surface area (Å²) in [6.45, 7) is 3.90. The van der Waals surface area contributed by atoms with Gasteiger partial charge in [0, 0.05) is 6.08 Å². The third-order valence-corrected chi connectivity index (χ3v) is 2.46. The summed E-state index contributed by atoms with van der Waals surface area (Å²) in [5, 5.41) is 8.86. The van der Waals surface area contributed by atoms with Gasteiger partial charge in [0.05, 0.1) is 13.0 Å². The first-order valence-electron chi connectivity index (χ1n) is 5.69. The van der Waals surface area contributed by atoms with Crippen LogP contribution < -0.4 is 0 Å². The Bertz CT molecular complexity index is 475. The zero-order valence-corrected chi connectivity index (χ0v) is 10.5. The van der Waals surface area contributed by atoms with E-state index >= 15 is 0 Å². The molecule has 1 aromatic rings. The molecule has 1 aromatic carbocycles. The number of carbonyl (C=O) groups excluding carboxylic acids is 1. The number of hydrogen-bond donors (Lipinski definition) is 1. The number of carbonyl (C=O) groups is 2. The third-order valence-electron chi connectivity index (χ3n) is 2.46. The number of aryl methyl sites for hydroxylation is 1. The van der Waals surface area contributed by atoms with Gasteiger partial charge in [0.1, 0.15) is 0 Å². The van der Waals surface area contributed by atoms with Crippen LogP contribution in [-0.2, 0) is 20.7 Å². The summed E-state index contributed by atoms with van der Waals surface area (Å²) < 4.78 is 4.77. The number of hydrogen-bond acceptors (Lipinski definition) is 3. The molecule has 4 nitrogen and oxygen atoms in total. The largest absolute Gasteiger partial charge is 0.481 e. The molecule has 0 fully saturated rings. The molecular formula is C14H16O4. The number of carboxylic acid groups (broad SMARTS) is 1. The van der Waals surface area contributed by atoms with Gasteiger partial charge in [-0.25, -0.2) is 4.79 Å². The predicted molar refractivity (Wildman–Crippen MR) is 68.2 cm³/mol. The van der Waals surface area contributed by atoms with Gasteiger partial charge in [-0.05, 0) is 36.6 Å². The van der Waals surface area contributed by atoms with Crippen LogP contribution in [0.15, 0.2) is 24.3 Å². The van der Waals surface area contributed by atoms with Gasteiger partial charge in [0.2, 0.25) is 0 Å². The Kier molecular flexibility index (Phi) is 5.11. The number of ether oxygens (including phenoxy) is 1. The summed E-state index contributed by atoms with van der Waals surface area (Å²) in [5.74, 6) is -1.32. The van der Waals surface area contributed by atoms with E-state index in [9.17, 15) is 9.59 Å². The first-order chi connectivity index (χ1) is 8.54. The highest BCUT2D eigenvalue weighted by molar-refractivity contribution is 5.87. The number of carboxylic acids is 1. The molecule has 0 saturated carbocycles. The van der Waals surface area contributed by atoms with Crippen LogP contribution in [0, 0.1) is 6.92 Å². The minimum atomic E-state index is -0.893. The van der Waals surface area contributed by atoms with E-state index in [1.807, 2.05) is 19.1 Å². The van der Waals surface area contributed by atoms with E-state index in [0.29, 0.717) is 12.2 Å². The van der Waals surface area contributed by atoms with Gasteiger partial charge in [0.25, 0.3) is 0 Å². The maximum Gasteiger partial charge on any atom is 0.330 e. The first-order valence-corrected chi connectivity index (χ1v) is 5.69. The molecule has 18 heavy (non-hydrogen) atoms. The van der Waals surface area contributed by atoms with Gasteiger partial charge in [-0.15, -0.1) is 0 Å². The lowest BCUT2D eigenvalue weighted by molar-refractivity contribution is -0.137. The van der Waals surface area contributed by atoms with Crippen molar-refractivity contribution in [3.8, 4) is 0 Å². The summed E-state index contributed by atoms with van der Waals surface area (Å²) in [4.78, 5) is 22.0. The lowest BCUT2D eigenvalue weighted by Crippen LogP contribution is -2.04. The fraction of sp³-hybridized carbons (Fsp3) is 0.286. The van der Waals surface area contributed by atoms with E-state index in [2.05, 4.69) is 0 Å². The van der Waals surface area contributed by atoms with Gasteiger partial charge in [-0.2, -0.15) is 0 Å². The Morgan fingerprint density at radius 3 is 2.72 bits per heavy atom. The van der Waals surface area contributed by atoms with Gasteiger partial charge in [0.15, 0.2) is 0 Å². The van der Waals surface area contributed by atoms with Crippen LogP contribution in [0.25, 0.3) is 6.08 Å². The summed E-state index contributed by atoms with van der Waals surface area (Å²) in [6.07, 6.45) is 2.84. The van der Waals surface area contributed by atoms with Crippen LogP contribution in [0.4, 0.5) is 0 Å². The number of benzene rings is 1. The van der Waals surface area contributed by atoms with Crippen LogP contribution in [0.3, 0.4) is 0 Å². The molecule has 1 N–H and O–H groups in total. The lowest BCUT2D eigenvalue weighted by atomic mass is 9.99. The summed E-state index contributed by atoms with van der Waals surface area (Å²) in [6, 6.07) is 5.45. The van der Waals surface area contributed by atoms with Crippen LogP contribution in [-0.4, -0.2) is 23.7 Å². The van der Waals surface area contributed by atoms with Gasteiger partial charge in [-0.3, -0.25) is 4.79 Å². The number of rotatable bonds is 5. The highest BCUT2D eigenvalue weighted by Crippen LogP contribution is 2.16. The molecule has 0 unspecified atom stereocenters. The second-order valence-corrected chi connectivity index (χ2v) is 3.80. The standard InChI is InChI=1S/C14H16O4/c1-3-18-14(17)8-7-11-6-4-5-10(2)12(11)9-13(15)16/h4-8H,3,9H2,1-2H3,(H,15,16)/b8-7+. The van der Waals surface area contributed by atoms with Crippen molar-refractivity contribution in [2.45, 2.75) is 20.3 Å². The van der Waals surface area contributed by atoms with Crippen molar-refractivity contribution in [1.82, 2.24) is 0 Å². The summed E-state index contributed by atoms with van der Waals surface area (Å²) >= 11 is 0. The predicted octanol–water partition coefficient (Wildman–Crippen LogP) is 2.20. The van der Waals surface area contributed by atoms with Crippen LogP contribution in [0.5, 0.6) is 0 Å². The Hall–Kier alpha value is -2.10. The quantitative estimate of drug-likeness (QED) is 0.641. The second kappa shape index (κ2) is 6.59. The average molecular weight is 248 g/mol. The molecule has 0 saturated heterocycles. The zero-order valence-electron chi connectivity index (χ0n) is 10.5. The smallest absolute Gasteiger partial charge is 0.330 e. The molecule has 0 radical (unpaired) electrons. The van der Waals surface area contributed by atoms with Crippen molar-refractivity contribution in [3.63, 3.8) is 0 Å². The molecule has 0 heterocycles. The topological polar surface area (TPSA) is 63.6 Å². The van der Waals surface area contributed by atoms with E-state index in [0.717, 1.165) is 11.1 Å². The highest BCUT2D eigenvalue weighted by atomic mass is 16.5. The van der Waals surface area contributed by atoms with Crippen molar-refractivity contribution < 1.29 is 19.4 Å². The van der Waals surface area contributed by atoms with Crippen LogP contribution >= 0.6 is 0 Å². The molecular weight excluding hydrogens is 232 g/mol. The van der Waals surface area contributed by atoms with Crippen molar-refractivity contribution in [3.05, 3.63) is 41.0 Å². The summed E-state index contributed by atoms with van der Waals surface area (Å²) in [7, 11) is 0. The SMILES string of the molecule is CCOC(=O)/C=C/c1cccc(C)c1CC(=O)O. The Morgan fingerprint density at radius 1 is 1.39 bits per heavy atom. The molecule has 0 aliphatic heterocycles. The minimum absolute atomic E-state index is 0.0603. The molecule has 96 valence electrons. The van der Waals surface area contributed by atoms with Crippen molar-refractivity contribution in [2.24, 2.45) is 0 Å². The van der Waals surface area contributed by atoms with Crippen LogP contribution in [0.1, 0.15) is 23.6 Å². The Morgan fingerprint density at radius 2 is 2.11 bits per heavy atom. The monoisotopic (exact) mass is 248 g/mol. The molecule has 0 spiro atoms. The first kappa shape index (κ1) is 14.0. The Labute approximate surface area is 106 Å². The van der Waals surface area contributed by atoms with E-state index in [1.165, 1.54) is 6.08 Å². The number of esters is 1. The Balaban J connectivity index is 2.97. The molecule has 0 amide bonds. The second-order valence-electron chi connectivity index (χ2n) is 3.80. The molecule has 0 aliphatic carbocycles. The number of aliphatic carboxylic acids is 1. The molecule has 0 atom stereocenters. The lowest BCUT2D eigenvalue weighted by Gasteiger charge is -2.07. The molecule has 0 aliphatic rings. The van der Waals surface area contributed by atoms with Gasteiger partial charge >= 0.3 is 11.9 Å². The fourth-order valence-electron chi connectivity index (χ4n) is 1.62. The molecule has 0 aromatic heterocycles. The van der Waals surface area contributed by atoms with Gasteiger partial charge < -0.3 is 9.84 Å². The zero-order chi connectivity index (χ0) is 13.5. The molecule has 1 rings (SSSR count). The van der Waals surface area contributed by atoms with Crippen molar-refractivity contribution in [1.29, 1.82) is 0 Å². The maximum atomic E-state index is 11.2. The van der Waals surface area contributed by atoms with E-state index in [1.54, 1.807) is 19.1 Å². The van der Waals surface area contributed by atoms with Crippen LogP contribution in [0.2, 0.25) is 0 Å². The third kappa shape index (κ3) is 4.05. The van der Waals surface area contributed by atoms with Crippen molar-refractivity contribution in [2.75, 3.05) is 6.61 Å².